The molecule has 0 aliphatic heterocycles. The SMILES string of the molecule is CCc1nc(CCNC(=NC)NCCOC)cs1.I. The molecular formula is C12H23IN4OS. The number of thiazole rings is 1. The van der Waals surface area contributed by atoms with Crippen LogP contribution in [0.3, 0.4) is 0 Å². The molecule has 19 heavy (non-hydrogen) atoms. The standard InChI is InChI=1S/C12H22N4OS.HI/c1-4-11-16-10(9-18-11)5-6-14-12(13-2)15-7-8-17-3;/h9H,4-8H2,1-3H3,(H2,13,14,15);1H. The van der Waals surface area contributed by atoms with Crippen molar-refractivity contribution in [1.29, 1.82) is 0 Å². The van der Waals surface area contributed by atoms with Crippen molar-refractivity contribution in [3.05, 3.63) is 16.1 Å². The zero-order valence-corrected chi connectivity index (χ0v) is 14.9. The van der Waals surface area contributed by atoms with Gasteiger partial charge in [0.15, 0.2) is 5.96 Å². The van der Waals surface area contributed by atoms with Crippen molar-refractivity contribution < 1.29 is 4.74 Å². The van der Waals surface area contributed by atoms with Gasteiger partial charge in [-0.25, -0.2) is 4.98 Å². The minimum atomic E-state index is 0. The number of rotatable bonds is 7. The predicted molar refractivity (Wildman–Crippen MR) is 91.9 cm³/mol. The molecule has 0 bridgehead atoms. The van der Waals surface area contributed by atoms with E-state index in [0.29, 0.717) is 6.61 Å². The lowest BCUT2D eigenvalue weighted by Crippen LogP contribution is -2.39. The van der Waals surface area contributed by atoms with E-state index < -0.39 is 0 Å². The Morgan fingerprint density at radius 2 is 2.16 bits per heavy atom. The van der Waals surface area contributed by atoms with E-state index in [1.807, 2.05) is 0 Å². The van der Waals surface area contributed by atoms with Gasteiger partial charge in [0.05, 0.1) is 17.3 Å². The van der Waals surface area contributed by atoms with E-state index in [1.54, 1.807) is 25.5 Å². The highest BCUT2D eigenvalue weighted by atomic mass is 127. The zero-order valence-electron chi connectivity index (χ0n) is 11.7. The van der Waals surface area contributed by atoms with Crippen molar-refractivity contribution in [2.24, 2.45) is 4.99 Å². The predicted octanol–water partition coefficient (Wildman–Crippen LogP) is 1.68. The molecule has 0 spiro atoms. The fourth-order valence-corrected chi connectivity index (χ4v) is 2.21. The number of hydrogen-bond donors (Lipinski definition) is 2. The van der Waals surface area contributed by atoms with Crippen LogP contribution in [0.5, 0.6) is 0 Å². The number of methoxy groups -OCH3 is 1. The summed E-state index contributed by atoms with van der Waals surface area (Å²) in [5.74, 6) is 0.804. The Morgan fingerprint density at radius 1 is 1.42 bits per heavy atom. The number of ether oxygens (including phenoxy) is 1. The van der Waals surface area contributed by atoms with Gasteiger partial charge in [0.1, 0.15) is 0 Å². The summed E-state index contributed by atoms with van der Waals surface area (Å²) in [6, 6.07) is 0. The highest BCUT2D eigenvalue weighted by molar-refractivity contribution is 14.0. The topological polar surface area (TPSA) is 58.5 Å². The molecule has 0 aromatic carbocycles. The fourth-order valence-electron chi connectivity index (χ4n) is 1.43. The molecule has 1 aromatic heterocycles. The molecule has 0 saturated carbocycles. The van der Waals surface area contributed by atoms with Crippen molar-refractivity contribution >= 4 is 41.3 Å². The van der Waals surface area contributed by atoms with E-state index in [1.165, 1.54) is 5.01 Å². The second-order valence-electron chi connectivity index (χ2n) is 3.75. The molecule has 0 atom stereocenters. The third-order valence-corrected chi connectivity index (χ3v) is 3.44. The van der Waals surface area contributed by atoms with E-state index >= 15 is 0 Å². The van der Waals surface area contributed by atoms with Crippen LogP contribution in [0.4, 0.5) is 0 Å². The molecule has 110 valence electrons. The van der Waals surface area contributed by atoms with E-state index in [-0.39, 0.29) is 24.0 Å². The molecule has 0 fully saturated rings. The van der Waals surface area contributed by atoms with Crippen LogP contribution in [-0.2, 0) is 17.6 Å². The first-order valence-corrected chi connectivity index (χ1v) is 7.04. The highest BCUT2D eigenvalue weighted by Gasteiger charge is 2.01. The normalized spacial score (nSPS) is 11.0. The maximum atomic E-state index is 4.97. The summed E-state index contributed by atoms with van der Waals surface area (Å²) in [6.07, 6.45) is 1.93. The molecule has 1 heterocycles. The first-order chi connectivity index (χ1) is 8.80. The van der Waals surface area contributed by atoms with E-state index in [9.17, 15) is 0 Å². The molecule has 5 nitrogen and oxygen atoms in total. The van der Waals surface area contributed by atoms with Crippen molar-refractivity contribution in [3.8, 4) is 0 Å². The van der Waals surface area contributed by atoms with Crippen molar-refractivity contribution in [2.45, 2.75) is 19.8 Å². The maximum absolute atomic E-state index is 4.97. The second kappa shape index (κ2) is 11.4. The van der Waals surface area contributed by atoms with Gasteiger partial charge in [-0.15, -0.1) is 35.3 Å². The van der Waals surface area contributed by atoms with Crippen LogP contribution >= 0.6 is 35.3 Å². The molecular weight excluding hydrogens is 375 g/mol. The quantitative estimate of drug-likeness (QED) is 0.318. The van der Waals surface area contributed by atoms with E-state index in [0.717, 1.165) is 37.6 Å². The Morgan fingerprint density at radius 3 is 2.74 bits per heavy atom. The number of halogens is 1. The molecule has 1 aromatic rings. The van der Waals surface area contributed by atoms with Crippen LogP contribution in [0.15, 0.2) is 10.4 Å². The van der Waals surface area contributed by atoms with Crippen LogP contribution < -0.4 is 10.6 Å². The van der Waals surface area contributed by atoms with Crippen LogP contribution in [0.2, 0.25) is 0 Å². The molecule has 0 saturated heterocycles. The molecule has 0 amide bonds. The number of nitrogens with zero attached hydrogens (tertiary/aromatic N) is 2. The monoisotopic (exact) mass is 398 g/mol. The smallest absolute Gasteiger partial charge is 0.191 e. The van der Waals surface area contributed by atoms with Crippen LogP contribution in [0.25, 0.3) is 0 Å². The van der Waals surface area contributed by atoms with Gasteiger partial charge >= 0.3 is 0 Å². The van der Waals surface area contributed by atoms with E-state index in [2.05, 4.69) is 32.9 Å². The number of aryl methyl sites for hydroxylation is 1. The van der Waals surface area contributed by atoms with Crippen molar-refractivity contribution in [1.82, 2.24) is 15.6 Å². The van der Waals surface area contributed by atoms with Gasteiger partial charge in [0.25, 0.3) is 0 Å². The molecule has 7 heteroatoms. The molecule has 1 rings (SSSR count). The van der Waals surface area contributed by atoms with Gasteiger partial charge < -0.3 is 15.4 Å². The Balaban J connectivity index is 0.00000324. The Hall–Kier alpha value is -0.410. The highest BCUT2D eigenvalue weighted by Crippen LogP contribution is 2.09. The largest absolute Gasteiger partial charge is 0.383 e. The third kappa shape index (κ3) is 7.68. The maximum Gasteiger partial charge on any atom is 0.191 e. The lowest BCUT2D eigenvalue weighted by Gasteiger charge is -2.10. The van der Waals surface area contributed by atoms with Gasteiger partial charge in [-0.2, -0.15) is 0 Å². The molecule has 0 aliphatic carbocycles. The summed E-state index contributed by atoms with van der Waals surface area (Å²) < 4.78 is 4.97. The summed E-state index contributed by atoms with van der Waals surface area (Å²) in [4.78, 5) is 8.66. The van der Waals surface area contributed by atoms with Crippen molar-refractivity contribution in [2.75, 3.05) is 33.9 Å². The molecule has 0 radical (unpaired) electrons. The lowest BCUT2D eigenvalue weighted by atomic mass is 10.3. The first-order valence-electron chi connectivity index (χ1n) is 6.16. The van der Waals surface area contributed by atoms with Crippen LogP contribution in [-0.4, -0.2) is 44.8 Å². The van der Waals surface area contributed by atoms with Gasteiger partial charge in [-0.1, -0.05) is 6.92 Å². The fraction of sp³-hybridized carbons (Fsp3) is 0.667. The Bertz CT molecular complexity index is 370. The number of aromatic nitrogens is 1. The lowest BCUT2D eigenvalue weighted by molar-refractivity contribution is 0.203. The van der Waals surface area contributed by atoms with Crippen LogP contribution in [0, 0.1) is 0 Å². The number of hydrogen-bond acceptors (Lipinski definition) is 4. The Labute approximate surface area is 136 Å². The Kier molecular flexibility index (Phi) is 11.2. The average Bonchev–Trinajstić information content (AvgIpc) is 2.85. The third-order valence-electron chi connectivity index (χ3n) is 2.40. The summed E-state index contributed by atoms with van der Waals surface area (Å²) >= 11 is 1.73. The second-order valence-corrected chi connectivity index (χ2v) is 4.70. The van der Waals surface area contributed by atoms with Crippen molar-refractivity contribution in [3.63, 3.8) is 0 Å². The summed E-state index contributed by atoms with van der Waals surface area (Å²) in [7, 11) is 3.45. The van der Waals surface area contributed by atoms with Gasteiger partial charge in [-0.05, 0) is 6.42 Å². The van der Waals surface area contributed by atoms with Crippen LogP contribution in [0.1, 0.15) is 17.6 Å². The minimum Gasteiger partial charge on any atom is -0.383 e. The number of guanidine groups is 1. The summed E-state index contributed by atoms with van der Waals surface area (Å²) in [5.41, 5.74) is 1.15. The first kappa shape index (κ1) is 18.6. The summed E-state index contributed by atoms with van der Waals surface area (Å²) in [6.45, 7) is 4.39. The number of aliphatic imine (C=N–C) groups is 1. The van der Waals surface area contributed by atoms with Gasteiger partial charge in [-0.3, -0.25) is 4.99 Å². The average molecular weight is 398 g/mol. The van der Waals surface area contributed by atoms with E-state index in [4.69, 9.17) is 4.74 Å². The van der Waals surface area contributed by atoms with Gasteiger partial charge in [0.2, 0.25) is 0 Å². The zero-order chi connectivity index (χ0) is 13.2. The number of nitrogens with one attached hydrogen (secondary N) is 2. The molecule has 0 unspecified atom stereocenters. The molecule has 0 aliphatic rings. The minimum absolute atomic E-state index is 0. The molecule has 2 N–H and O–H groups in total. The summed E-state index contributed by atoms with van der Waals surface area (Å²) in [5, 5.41) is 9.75. The van der Waals surface area contributed by atoms with Gasteiger partial charge in [0, 0.05) is 39.0 Å².